The van der Waals surface area contributed by atoms with Gasteiger partial charge in [0.25, 0.3) is 0 Å². The number of para-hydroxylation sites is 2. The number of nitrogens with one attached hydrogen (secondary N) is 1. The van der Waals surface area contributed by atoms with E-state index in [1.807, 2.05) is 30.8 Å². The maximum absolute atomic E-state index is 4.62. The summed E-state index contributed by atoms with van der Waals surface area (Å²) in [6, 6.07) is 20.9. The van der Waals surface area contributed by atoms with Crippen LogP contribution in [0.15, 0.2) is 65.6 Å². The molecule has 0 bridgehead atoms. The van der Waals surface area contributed by atoms with Crippen LogP contribution in [0.5, 0.6) is 0 Å². The number of thioether (sulfide) groups is 1. The van der Waals surface area contributed by atoms with Crippen molar-refractivity contribution in [2.24, 2.45) is 0 Å². The average molecular weight is 396 g/mol. The molecule has 1 N–H and O–H groups in total. The monoisotopic (exact) mass is 395 g/mol. The van der Waals surface area contributed by atoms with Gasteiger partial charge in [0.2, 0.25) is 0 Å². The molecule has 0 spiro atoms. The Morgan fingerprint density at radius 2 is 1.41 bits per heavy atom. The summed E-state index contributed by atoms with van der Waals surface area (Å²) in [6.45, 7) is 4.99. The standard InChI is InChI=1S/C22H21N3S.ClH/c1-15-13-21(17-7-3-5-9-19(17)24-15)23-11-12-26-22-14-16(2)25-20-10-6-4-8-18(20)22;/h3-10,13-14H,11-12H2,1-2H3,(H,23,24);1H. The molecule has 2 heterocycles. The molecule has 0 saturated heterocycles. The Hall–Kier alpha value is -2.30. The Bertz CT molecular complexity index is 994. The first-order valence-corrected chi connectivity index (χ1v) is 9.79. The second-order valence-electron chi connectivity index (χ2n) is 6.38. The normalized spacial score (nSPS) is 10.7. The zero-order chi connectivity index (χ0) is 17.9. The summed E-state index contributed by atoms with van der Waals surface area (Å²) in [6.07, 6.45) is 0. The lowest BCUT2D eigenvalue weighted by Gasteiger charge is -2.11. The highest BCUT2D eigenvalue weighted by Crippen LogP contribution is 2.28. The number of hydrogen-bond donors (Lipinski definition) is 1. The number of fused-ring (bicyclic) bond motifs is 2. The van der Waals surface area contributed by atoms with Crippen LogP contribution < -0.4 is 5.32 Å². The molecular formula is C22H22ClN3S. The van der Waals surface area contributed by atoms with E-state index >= 15 is 0 Å². The van der Waals surface area contributed by atoms with Crippen molar-refractivity contribution in [3.8, 4) is 0 Å². The molecule has 138 valence electrons. The maximum Gasteiger partial charge on any atom is 0.0725 e. The molecule has 0 radical (unpaired) electrons. The summed E-state index contributed by atoms with van der Waals surface area (Å²) in [5.74, 6) is 0.989. The molecule has 0 amide bonds. The van der Waals surface area contributed by atoms with Gasteiger partial charge in [-0.25, -0.2) is 0 Å². The van der Waals surface area contributed by atoms with Crippen LogP contribution >= 0.6 is 24.2 Å². The first kappa shape index (κ1) is 19.5. The molecule has 4 rings (SSSR count). The molecule has 0 aliphatic carbocycles. The molecule has 0 unspecified atom stereocenters. The minimum atomic E-state index is 0. The van der Waals surface area contributed by atoms with Crippen LogP contribution in [0.25, 0.3) is 21.8 Å². The predicted octanol–water partition coefficient (Wildman–Crippen LogP) is 6.03. The van der Waals surface area contributed by atoms with Gasteiger partial charge in [0.1, 0.15) is 0 Å². The third-order valence-electron chi connectivity index (χ3n) is 4.33. The maximum atomic E-state index is 4.62. The van der Waals surface area contributed by atoms with Gasteiger partial charge in [-0.05, 0) is 38.1 Å². The first-order valence-electron chi connectivity index (χ1n) is 8.80. The number of hydrogen-bond acceptors (Lipinski definition) is 4. The molecule has 0 aliphatic rings. The van der Waals surface area contributed by atoms with E-state index in [1.165, 1.54) is 15.7 Å². The summed E-state index contributed by atoms with van der Waals surface area (Å²) in [4.78, 5) is 10.5. The van der Waals surface area contributed by atoms with E-state index in [-0.39, 0.29) is 12.4 Å². The molecule has 27 heavy (non-hydrogen) atoms. The molecule has 2 aromatic heterocycles. The van der Waals surface area contributed by atoms with Crippen molar-refractivity contribution >= 4 is 51.7 Å². The molecule has 4 aromatic rings. The van der Waals surface area contributed by atoms with E-state index in [0.29, 0.717) is 0 Å². The van der Waals surface area contributed by atoms with E-state index in [4.69, 9.17) is 0 Å². The molecule has 2 aromatic carbocycles. The van der Waals surface area contributed by atoms with E-state index in [0.717, 1.165) is 40.4 Å². The van der Waals surface area contributed by atoms with Crippen molar-refractivity contribution in [2.75, 3.05) is 17.6 Å². The third-order valence-corrected chi connectivity index (χ3v) is 5.38. The largest absolute Gasteiger partial charge is 0.384 e. The topological polar surface area (TPSA) is 37.8 Å². The lowest BCUT2D eigenvalue weighted by Crippen LogP contribution is -2.05. The molecule has 3 nitrogen and oxygen atoms in total. The summed E-state index contributed by atoms with van der Waals surface area (Å²) < 4.78 is 0. The van der Waals surface area contributed by atoms with E-state index in [2.05, 4.69) is 70.7 Å². The van der Waals surface area contributed by atoms with Crippen molar-refractivity contribution in [1.29, 1.82) is 0 Å². The number of benzene rings is 2. The smallest absolute Gasteiger partial charge is 0.0725 e. The van der Waals surface area contributed by atoms with Crippen molar-refractivity contribution in [3.05, 3.63) is 72.1 Å². The number of anilines is 1. The lowest BCUT2D eigenvalue weighted by molar-refractivity contribution is 1.19. The summed E-state index contributed by atoms with van der Waals surface area (Å²) in [7, 11) is 0. The molecular weight excluding hydrogens is 374 g/mol. The highest BCUT2D eigenvalue weighted by atomic mass is 35.5. The highest BCUT2D eigenvalue weighted by molar-refractivity contribution is 7.99. The zero-order valence-corrected chi connectivity index (χ0v) is 17.0. The highest BCUT2D eigenvalue weighted by Gasteiger charge is 2.06. The van der Waals surface area contributed by atoms with Crippen LogP contribution in [0.3, 0.4) is 0 Å². The van der Waals surface area contributed by atoms with Crippen molar-refractivity contribution in [2.45, 2.75) is 18.7 Å². The molecule has 5 heteroatoms. The summed E-state index contributed by atoms with van der Waals surface area (Å²) in [5.41, 5.74) is 5.37. The third kappa shape index (κ3) is 4.34. The Kier molecular flexibility index (Phi) is 6.19. The number of pyridine rings is 2. The molecule has 0 atom stereocenters. The number of nitrogens with zero attached hydrogens (tertiary/aromatic N) is 2. The minimum Gasteiger partial charge on any atom is -0.384 e. The van der Waals surface area contributed by atoms with Crippen molar-refractivity contribution in [3.63, 3.8) is 0 Å². The number of halogens is 1. The Morgan fingerprint density at radius 3 is 2.15 bits per heavy atom. The van der Waals surface area contributed by atoms with Crippen molar-refractivity contribution < 1.29 is 0 Å². The Morgan fingerprint density at radius 1 is 0.815 bits per heavy atom. The average Bonchev–Trinajstić information content (AvgIpc) is 2.64. The number of aromatic nitrogens is 2. The van der Waals surface area contributed by atoms with Crippen LogP contribution in [0.4, 0.5) is 5.69 Å². The van der Waals surface area contributed by atoms with E-state index in [9.17, 15) is 0 Å². The zero-order valence-electron chi connectivity index (χ0n) is 15.4. The summed E-state index contributed by atoms with van der Waals surface area (Å²) in [5, 5.41) is 5.99. The quantitative estimate of drug-likeness (QED) is 0.331. The fourth-order valence-electron chi connectivity index (χ4n) is 3.19. The second-order valence-corrected chi connectivity index (χ2v) is 7.52. The van der Waals surface area contributed by atoms with Crippen LogP contribution in [0.2, 0.25) is 0 Å². The van der Waals surface area contributed by atoms with Crippen LogP contribution in [-0.2, 0) is 0 Å². The molecule has 0 aliphatic heterocycles. The van der Waals surface area contributed by atoms with E-state index in [1.54, 1.807) is 0 Å². The van der Waals surface area contributed by atoms with Gasteiger partial charge < -0.3 is 5.32 Å². The Labute approximate surface area is 170 Å². The Balaban J connectivity index is 0.00000210. The summed E-state index contributed by atoms with van der Waals surface area (Å²) >= 11 is 1.87. The van der Waals surface area contributed by atoms with Gasteiger partial charge in [0.15, 0.2) is 0 Å². The molecule has 0 fully saturated rings. The first-order chi connectivity index (χ1) is 12.7. The van der Waals surface area contributed by atoms with Gasteiger partial charge in [0.05, 0.1) is 11.0 Å². The van der Waals surface area contributed by atoms with Gasteiger partial charge >= 0.3 is 0 Å². The minimum absolute atomic E-state index is 0. The lowest BCUT2D eigenvalue weighted by atomic mass is 10.1. The van der Waals surface area contributed by atoms with Crippen LogP contribution in [-0.4, -0.2) is 22.3 Å². The number of rotatable bonds is 5. The fraction of sp³-hybridized carbons (Fsp3) is 0.182. The van der Waals surface area contributed by atoms with Gasteiger partial charge in [-0.1, -0.05) is 36.4 Å². The van der Waals surface area contributed by atoms with Crippen molar-refractivity contribution in [1.82, 2.24) is 9.97 Å². The van der Waals surface area contributed by atoms with E-state index < -0.39 is 0 Å². The van der Waals surface area contributed by atoms with Gasteiger partial charge in [0, 0.05) is 45.0 Å². The fourth-order valence-corrected chi connectivity index (χ4v) is 4.20. The van der Waals surface area contributed by atoms with Gasteiger partial charge in [-0.2, -0.15) is 0 Å². The molecule has 0 saturated carbocycles. The number of aryl methyl sites for hydroxylation is 2. The van der Waals surface area contributed by atoms with Gasteiger partial charge in [-0.15, -0.1) is 24.2 Å². The second kappa shape index (κ2) is 8.59. The van der Waals surface area contributed by atoms with Crippen LogP contribution in [0.1, 0.15) is 11.4 Å². The van der Waals surface area contributed by atoms with Gasteiger partial charge in [-0.3, -0.25) is 9.97 Å². The predicted molar refractivity (Wildman–Crippen MR) is 119 cm³/mol. The SMILES string of the molecule is Cc1cc(NCCSc2cc(C)nc3ccccc23)c2ccccc2n1.Cl. The van der Waals surface area contributed by atoms with Crippen LogP contribution in [0, 0.1) is 13.8 Å².